The van der Waals surface area contributed by atoms with E-state index < -0.39 is 0 Å². The van der Waals surface area contributed by atoms with Crippen molar-refractivity contribution in [2.45, 2.75) is 27.2 Å². The van der Waals surface area contributed by atoms with E-state index >= 15 is 0 Å². The van der Waals surface area contributed by atoms with Crippen molar-refractivity contribution in [3.05, 3.63) is 54.3 Å². The molecule has 104 valence electrons. The van der Waals surface area contributed by atoms with Crippen molar-refractivity contribution in [1.82, 2.24) is 0 Å². The summed E-state index contributed by atoms with van der Waals surface area (Å²) in [5.41, 5.74) is 7.99. The lowest BCUT2D eigenvalue weighted by Gasteiger charge is -2.16. The average molecular weight is 258 g/mol. The first kappa shape index (κ1) is 15.5. The fraction of sp³-hybridized carbons (Fsp3) is 0.412. The first-order chi connectivity index (χ1) is 9.17. The highest BCUT2D eigenvalue weighted by Gasteiger charge is 2.08. The van der Waals surface area contributed by atoms with E-state index in [4.69, 9.17) is 5.73 Å². The number of rotatable bonds is 7. The Morgan fingerprint density at radius 2 is 1.95 bits per heavy atom. The minimum Gasteiger partial charge on any atom is -0.356 e. The quantitative estimate of drug-likeness (QED) is 0.720. The van der Waals surface area contributed by atoms with Crippen molar-refractivity contribution in [2.75, 3.05) is 11.9 Å². The molecule has 1 rings (SSSR count). The normalized spacial score (nSPS) is 15.5. The zero-order chi connectivity index (χ0) is 14.1. The molecule has 2 unspecified atom stereocenters. The van der Waals surface area contributed by atoms with Gasteiger partial charge in [0.1, 0.15) is 0 Å². The van der Waals surface area contributed by atoms with Crippen molar-refractivity contribution in [3.8, 4) is 0 Å². The van der Waals surface area contributed by atoms with Crippen LogP contribution in [0.25, 0.3) is 0 Å². The Morgan fingerprint density at radius 3 is 2.53 bits per heavy atom. The van der Waals surface area contributed by atoms with Gasteiger partial charge in [-0.15, -0.1) is 0 Å². The standard InChI is InChI=1S/C17H26N2/c1-4-5-9-17(12-14(2)15(3)13-18)19-16-10-7-6-8-11-16/h5-12,14-15,19H,4,13,18H2,1-3H3/b9-5-,17-12-. The van der Waals surface area contributed by atoms with E-state index in [0.717, 1.165) is 17.8 Å². The Kier molecular flexibility index (Phi) is 6.98. The Balaban J connectivity index is 2.82. The highest BCUT2D eigenvalue weighted by Crippen LogP contribution is 2.16. The molecule has 0 saturated heterocycles. The summed E-state index contributed by atoms with van der Waals surface area (Å²) in [7, 11) is 0. The molecule has 0 aliphatic carbocycles. The van der Waals surface area contributed by atoms with Crippen LogP contribution in [0.1, 0.15) is 27.2 Å². The largest absolute Gasteiger partial charge is 0.356 e. The van der Waals surface area contributed by atoms with Crippen LogP contribution in [0.15, 0.2) is 54.3 Å². The number of hydrogen-bond acceptors (Lipinski definition) is 2. The molecule has 0 aromatic heterocycles. The van der Waals surface area contributed by atoms with E-state index in [9.17, 15) is 0 Å². The van der Waals surface area contributed by atoms with E-state index in [0.29, 0.717) is 18.4 Å². The van der Waals surface area contributed by atoms with Crippen LogP contribution in [0.4, 0.5) is 5.69 Å². The monoisotopic (exact) mass is 258 g/mol. The second-order valence-electron chi connectivity index (χ2n) is 5.00. The highest BCUT2D eigenvalue weighted by atomic mass is 14.9. The number of para-hydroxylation sites is 1. The summed E-state index contributed by atoms with van der Waals surface area (Å²) < 4.78 is 0. The molecule has 2 atom stereocenters. The molecular formula is C17H26N2. The van der Waals surface area contributed by atoms with Crippen LogP contribution >= 0.6 is 0 Å². The lowest BCUT2D eigenvalue weighted by atomic mass is 9.95. The van der Waals surface area contributed by atoms with Crippen LogP contribution in [0.5, 0.6) is 0 Å². The van der Waals surface area contributed by atoms with E-state index in [1.165, 1.54) is 0 Å². The third-order valence-corrected chi connectivity index (χ3v) is 3.31. The first-order valence-corrected chi connectivity index (χ1v) is 7.07. The van der Waals surface area contributed by atoms with Crippen LogP contribution in [-0.4, -0.2) is 6.54 Å². The van der Waals surface area contributed by atoms with Crippen molar-refractivity contribution >= 4 is 5.69 Å². The second kappa shape index (κ2) is 8.54. The van der Waals surface area contributed by atoms with Gasteiger partial charge in [-0.1, -0.05) is 51.1 Å². The van der Waals surface area contributed by atoms with Gasteiger partial charge in [-0.25, -0.2) is 0 Å². The van der Waals surface area contributed by atoms with Gasteiger partial charge in [-0.2, -0.15) is 0 Å². The molecule has 0 fully saturated rings. The van der Waals surface area contributed by atoms with Crippen LogP contribution in [0.2, 0.25) is 0 Å². The molecule has 0 bridgehead atoms. The lowest BCUT2D eigenvalue weighted by molar-refractivity contribution is 0.470. The van der Waals surface area contributed by atoms with E-state index in [1.54, 1.807) is 0 Å². The summed E-state index contributed by atoms with van der Waals surface area (Å²) >= 11 is 0. The second-order valence-corrected chi connectivity index (χ2v) is 5.00. The number of benzene rings is 1. The molecule has 0 heterocycles. The number of hydrogen-bond donors (Lipinski definition) is 2. The number of nitrogens with two attached hydrogens (primary N) is 1. The van der Waals surface area contributed by atoms with Gasteiger partial charge in [0.05, 0.1) is 0 Å². The van der Waals surface area contributed by atoms with Gasteiger partial charge < -0.3 is 11.1 Å². The number of allylic oxidation sites excluding steroid dienone is 3. The van der Waals surface area contributed by atoms with Crippen LogP contribution < -0.4 is 11.1 Å². The van der Waals surface area contributed by atoms with Crippen molar-refractivity contribution in [3.63, 3.8) is 0 Å². The van der Waals surface area contributed by atoms with Gasteiger partial charge >= 0.3 is 0 Å². The molecule has 1 aromatic rings. The maximum absolute atomic E-state index is 5.73. The third kappa shape index (κ3) is 5.75. The van der Waals surface area contributed by atoms with Gasteiger partial charge in [-0.05, 0) is 43.0 Å². The Morgan fingerprint density at radius 1 is 1.26 bits per heavy atom. The zero-order valence-corrected chi connectivity index (χ0v) is 12.3. The first-order valence-electron chi connectivity index (χ1n) is 7.07. The van der Waals surface area contributed by atoms with E-state index in [2.05, 4.69) is 56.4 Å². The topological polar surface area (TPSA) is 38.0 Å². The lowest BCUT2D eigenvalue weighted by Crippen LogP contribution is -2.17. The summed E-state index contributed by atoms with van der Waals surface area (Å²) in [4.78, 5) is 0. The molecule has 0 aliphatic rings. The summed E-state index contributed by atoms with van der Waals surface area (Å²) in [6.07, 6.45) is 7.61. The molecule has 0 spiro atoms. The van der Waals surface area contributed by atoms with Crippen molar-refractivity contribution < 1.29 is 0 Å². The summed E-state index contributed by atoms with van der Waals surface area (Å²) in [5, 5.41) is 3.46. The van der Waals surface area contributed by atoms with Crippen LogP contribution in [-0.2, 0) is 0 Å². The van der Waals surface area contributed by atoms with Crippen molar-refractivity contribution in [1.29, 1.82) is 0 Å². The van der Waals surface area contributed by atoms with E-state index in [1.807, 2.05) is 18.2 Å². The fourth-order valence-electron chi connectivity index (χ4n) is 1.73. The predicted molar refractivity (Wildman–Crippen MR) is 85.0 cm³/mol. The summed E-state index contributed by atoms with van der Waals surface area (Å²) in [6, 6.07) is 10.2. The highest BCUT2D eigenvalue weighted by molar-refractivity contribution is 5.50. The van der Waals surface area contributed by atoms with Gasteiger partial charge in [0.15, 0.2) is 0 Å². The fourth-order valence-corrected chi connectivity index (χ4v) is 1.73. The SMILES string of the molecule is CC/C=C\C(=C\C(C)C(C)CN)Nc1ccccc1. The molecule has 2 nitrogen and oxygen atoms in total. The predicted octanol–water partition coefficient (Wildman–Crippen LogP) is 4.18. The molecule has 2 heteroatoms. The maximum Gasteiger partial charge on any atom is 0.0384 e. The summed E-state index contributed by atoms with van der Waals surface area (Å²) in [5.74, 6) is 0.945. The van der Waals surface area contributed by atoms with Crippen LogP contribution in [0, 0.1) is 11.8 Å². The minimum absolute atomic E-state index is 0.456. The Hall–Kier alpha value is -1.54. The Labute approximate surface area is 117 Å². The van der Waals surface area contributed by atoms with Crippen molar-refractivity contribution in [2.24, 2.45) is 17.6 Å². The molecule has 19 heavy (non-hydrogen) atoms. The zero-order valence-electron chi connectivity index (χ0n) is 12.3. The molecule has 1 aromatic carbocycles. The van der Waals surface area contributed by atoms with Crippen LogP contribution in [0.3, 0.4) is 0 Å². The molecule has 0 radical (unpaired) electrons. The van der Waals surface area contributed by atoms with Gasteiger partial charge in [0, 0.05) is 11.4 Å². The summed E-state index contributed by atoms with van der Waals surface area (Å²) in [6.45, 7) is 7.26. The Bertz CT molecular complexity index is 407. The smallest absolute Gasteiger partial charge is 0.0384 e. The molecule has 0 aliphatic heterocycles. The third-order valence-electron chi connectivity index (χ3n) is 3.31. The maximum atomic E-state index is 5.73. The number of nitrogens with one attached hydrogen (secondary N) is 1. The minimum atomic E-state index is 0.456. The number of anilines is 1. The van der Waals surface area contributed by atoms with Gasteiger partial charge in [-0.3, -0.25) is 0 Å². The van der Waals surface area contributed by atoms with Gasteiger partial charge in [0.2, 0.25) is 0 Å². The molecular weight excluding hydrogens is 232 g/mol. The molecule has 0 saturated carbocycles. The molecule has 0 amide bonds. The molecule has 3 N–H and O–H groups in total. The average Bonchev–Trinajstić information content (AvgIpc) is 2.44. The van der Waals surface area contributed by atoms with E-state index in [-0.39, 0.29) is 0 Å². The van der Waals surface area contributed by atoms with Gasteiger partial charge in [0.25, 0.3) is 0 Å².